The van der Waals surface area contributed by atoms with Gasteiger partial charge in [-0.25, -0.2) is 0 Å². The average Bonchev–Trinajstić information content (AvgIpc) is 2.47. The van der Waals surface area contributed by atoms with Crippen molar-refractivity contribution in [1.29, 1.82) is 0 Å². The molecular weight excluding hydrogens is 238 g/mol. The molecule has 0 saturated heterocycles. The number of hydrogen-bond donors (Lipinski definition) is 1. The first-order valence-electron chi connectivity index (χ1n) is 3.85. The Balaban J connectivity index is 2.47. The van der Waals surface area contributed by atoms with Crippen LogP contribution in [0.3, 0.4) is 0 Å². The summed E-state index contributed by atoms with van der Waals surface area (Å²) in [6, 6.07) is 2.36. The van der Waals surface area contributed by atoms with E-state index < -0.39 is 0 Å². The zero-order chi connectivity index (χ0) is 8.97. The molecule has 0 amide bonds. The standard InChI is InChI=1S/C8H12BrNOS/c1-3-11-10-6(2)8-4-7(9)5-12-8/h4-6,10H,3H2,1-2H3. The van der Waals surface area contributed by atoms with Crippen LogP contribution in [0.15, 0.2) is 15.9 Å². The van der Waals surface area contributed by atoms with Gasteiger partial charge in [0, 0.05) is 14.7 Å². The van der Waals surface area contributed by atoms with E-state index in [1.54, 1.807) is 11.3 Å². The maximum absolute atomic E-state index is 5.10. The summed E-state index contributed by atoms with van der Waals surface area (Å²) in [5.74, 6) is 0. The summed E-state index contributed by atoms with van der Waals surface area (Å²) >= 11 is 5.13. The van der Waals surface area contributed by atoms with E-state index in [0.717, 1.165) is 4.47 Å². The van der Waals surface area contributed by atoms with E-state index in [1.807, 2.05) is 6.92 Å². The van der Waals surface area contributed by atoms with Crippen molar-refractivity contribution in [2.45, 2.75) is 19.9 Å². The Bertz CT molecular complexity index is 239. The molecule has 0 aliphatic rings. The predicted octanol–water partition coefficient (Wildman–Crippen LogP) is 3.11. The highest BCUT2D eigenvalue weighted by Gasteiger charge is 2.06. The molecule has 0 radical (unpaired) electrons. The second-order valence-corrected chi connectivity index (χ2v) is 4.30. The lowest BCUT2D eigenvalue weighted by Gasteiger charge is -2.09. The number of halogens is 1. The SMILES string of the molecule is CCONC(C)c1cc(Br)cs1. The molecule has 1 aromatic heterocycles. The lowest BCUT2D eigenvalue weighted by molar-refractivity contribution is 0.0293. The summed E-state index contributed by atoms with van der Waals surface area (Å²) in [7, 11) is 0. The normalized spacial score (nSPS) is 13.2. The molecule has 0 bridgehead atoms. The van der Waals surface area contributed by atoms with Gasteiger partial charge in [0.1, 0.15) is 0 Å². The van der Waals surface area contributed by atoms with Crippen LogP contribution < -0.4 is 5.48 Å². The quantitative estimate of drug-likeness (QED) is 0.829. The number of thiophene rings is 1. The Kier molecular flexibility index (Phi) is 4.21. The topological polar surface area (TPSA) is 21.3 Å². The molecule has 0 aliphatic carbocycles. The van der Waals surface area contributed by atoms with E-state index in [9.17, 15) is 0 Å². The van der Waals surface area contributed by atoms with E-state index in [2.05, 4.69) is 39.8 Å². The molecule has 1 unspecified atom stereocenters. The molecule has 0 spiro atoms. The summed E-state index contributed by atoms with van der Waals surface area (Å²) in [5, 5.41) is 2.07. The Morgan fingerprint density at radius 3 is 3.00 bits per heavy atom. The van der Waals surface area contributed by atoms with Gasteiger partial charge in [0.15, 0.2) is 0 Å². The van der Waals surface area contributed by atoms with Gasteiger partial charge < -0.3 is 4.84 Å². The van der Waals surface area contributed by atoms with Crippen LogP contribution in [0.5, 0.6) is 0 Å². The summed E-state index contributed by atoms with van der Waals surface area (Å²) < 4.78 is 1.13. The second-order valence-electron chi connectivity index (χ2n) is 2.44. The largest absolute Gasteiger partial charge is 0.301 e. The van der Waals surface area contributed by atoms with Crippen LogP contribution in [0.4, 0.5) is 0 Å². The summed E-state index contributed by atoms with van der Waals surface area (Å²) in [6.45, 7) is 4.73. The van der Waals surface area contributed by atoms with Gasteiger partial charge in [0.05, 0.1) is 12.6 Å². The highest BCUT2D eigenvalue weighted by Crippen LogP contribution is 2.25. The molecule has 0 aliphatic heterocycles. The van der Waals surface area contributed by atoms with Crippen LogP contribution in [0.1, 0.15) is 24.8 Å². The van der Waals surface area contributed by atoms with Gasteiger partial charge in [-0.3, -0.25) is 0 Å². The van der Waals surface area contributed by atoms with E-state index in [-0.39, 0.29) is 6.04 Å². The minimum absolute atomic E-state index is 0.265. The lowest BCUT2D eigenvalue weighted by atomic mass is 10.3. The number of hydroxylamine groups is 1. The lowest BCUT2D eigenvalue weighted by Crippen LogP contribution is -2.17. The molecule has 0 aromatic carbocycles. The third-order valence-electron chi connectivity index (χ3n) is 1.42. The first kappa shape index (κ1) is 10.2. The van der Waals surface area contributed by atoms with Crippen molar-refractivity contribution >= 4 is 27.3 Å². The van der Waals surface area contributed by atoms with E-state index in [0.29, 0.717) is 6.61 Å². The van der Waals surface area contributed by atoms with Gasteiger partial charge >= 0.3 is 0 Å². The summed E-state index contributed by atoms with van der Waals surface area (Å²) in [5.41, 5.74) is 2.95. The molecule has 1 heterocycles. The molecule has 1 atom stereocenters. The minimum Gasteiger partial charge on any atom is -0.301 e. The first-order chi connectivity index (χ1) is 5.74. The third-order valence-corrected chi connectivity index (χ3v) is 3.30. The molecule has 2 nitrogen and oxygen atoms in total. The average molecular weight is 250 g/mol. The molecule has 1 rings (SSSR count). The van der Waals surface area contributed by atoms with Crippen molar-refractivity contribution in [1.82, 2.24) is 5.48 Å². The zero-order valence-electron chi connectivity index (χ0n) is 7.13. The van der Waals surface area contributed by atoms with Crippen molar-refractivity contribution in [2.24, 2.45) is 0 Å². The fourth-order valence-corrected chi connectivity index (χ4v) is 2.26. The van der Waals surface area contributed by atoms with Crippen molar-refractivity contribution in [3.05, 3.63) is 20.8 Å². The zero-order valence-corrected chi connectivity index (χ0v) is 9.54. The van der Waals surface area contributed by atoms with E-state index >= 15 is 0 Å². The molecule has 1 aromatic rings. The Morgan fingerprint density at radius 2 is 2.50 bits per heavy atom. The Labute approximate surface area is 85.0 Å². The second kappa shape index (κ2) is 4.97. The van der Waals surface area contributed by atoms with E-state index in [1.165, 1.54) is 4.88 Å². The maximum Gasteiger partial charge on any atom is 0.0654 e. The summed E-state index contributed by atoms with van der Waals surface area (Å²) in [4.78, 5) is 6.37. The van der Waals surface area contributed by atoms with Crippen molar-refractivity contribution in [2.75, 3.05) is 6.61 Å². The molecule has 1 N–H and O–H groups in total. The highest BCUT2D eigenvalue weighted by atomic mass is 79.9. The Morgan fingerprint density at radius 1 is 1.75 bits per heavy atom. The summed E-state index contributed by atoms with van der Waals surface area (Å²) in [6.07, 6.45) is 0. The van der Waals surface area contributed by atoms with Crippen LogP contribution >= 0.6 is 27.3 Å². The highest BCUT2D eigenvalue weighted by molar-refractivity contribution is 9.10. The van der Waals surface area contributed by atoms with Gasteiger partial charge in [-0.05, 0) is 35.8 Å². The van der Waals surface area contributed by atoms with Crippen molar-refractivity contribution in [3.8, 4) is 0 Å². The predicted molar refractivity (Wildman–Crippen MR) is 55.2 cm³/mol. The van der Waals surface area contributed by atoms with Crippen molar-refractivity contribution < 1.29 is 4.84 Å². The smallest absolute Gasteiger partial charge is 0.0654 e. The minimum atomic E-state index is 0.265. The van der Waals surface area contributed by atoms with Gasteiger partial charge in [-0.1, -0.05) is 0 Å². The van der Waals surface area contributed by atoms with Crippen LogP contribution in [0, 0.1) is 0 Å². The van der Waals surface area contributed by atoms with Crippen LogP contribution in [0.2, 0.25) is 0 Å². The number of nitrogens with one attached hydrogen (secondary N) is 1. The van der Waals surface area contributed by atoms with Gasteiger partial charge in [-0.15, -0.1) is 11.3 Å². The molecule has 0 saturated carbocycles. The Hall–Kier alpha value is 0.1000. The van der Waals surface area contributed by atoms with Crippen LogP contribution in [-0.2, 0) is 4.84 Å². The molecule has 68 valence electrons. The van der Waals surface area contributed by atoms with Crippen LogP contribution in [-0.4, -0.2) is 6.61 Å². The number of hydrogen-bond acceptors (Lipinski definition) is 3. The van der Waals surface area contributed by atoms with Gasteiger partial charge in [0.2, 0.25) is 0 Å². The molecule has 12 heavy (non-hydrogen) atoms. The monoisotopic (exact) mass is 249 g/mol. The fraction of sp³-hybridized carbons (Fsp3) is 0.500. The van der Waals surface area contributed by atoms with Gasteiger partial charge in [0.25, 0.3) is 0 Å². The molecular formula is C8H12BrNOS. The third kappa shape index (κ3) is 2.86. The van der Waals surface area contributed by atoms with E-state index in [4.69, 9.17) is 4.84 Å². The molecule has 4 heteroatoms. The fourth-order valence-electron chi connectivity index (χ4n) is 0.822. The van der Waals surface area contributed by atoms with Crippen molar-refractivity contribution in [3.63, 3.8) is 0 Å². The maximum atomic E-state index is 5.10. The number of rotatable bonds is 4. The van der Waals surface area contributed by atoms with Gasteiger partial charge in [-0.2, -0.15) is 5.48 Å². The first-order valence-corrected chi connectivity index (χ1v) is 5.52. The van der Waals surface area contributed by atoms with Crippen LogP contribution in [0.25, 0.3) is 0 Å². The molecule has 0 fully saturated rings.